The average molecular weight is 271 g/mol. The standard InChI is InChI=1S/C17H21NO2/c1-4-14-17(11-10-12(3)18-14)20-16-9-7-6-8-13(16)15(19)5-2/h6-11,15,19H,4-5H2,1-3H3/t15-/m0/s1. The van der Waals surface area contributed by atoms with Gasteiger partial charge in [0.05, 0.1) is 11.8 Å². The minimum absolute atomic E-state index is 0.505. The smallest absolute Gasteiger partial charge is 0.148 e. The van der Waals surface area contributed by atoms with E-state index in [1.807, 2.05) is 50.2 Å². The largest absolute Gasteiger partial charge is 0.455 e. The van der Waals surface area contributed by atoms with E-state index in [9.17, 15) is 5.11 Å². The van der Waals surface area contributed by atoms with E-state index >= 15 is 0 Å². The van der Waals surface area contributed by atoms with Crippen molar-refractivity contribution in [2.24, 2.45) is 0 Å². The molecule has 1 N–H and O–H groups in total. The zero-order valence-corrected chi connectivity index (χ0v) is 12.3. The highest BCUT2D eigenvalue weighted by molar-refractivity contribution is 5.40. The molecule has 1 aromatic carbocycles. The molecule has 1 atom stereocenters. The van der Waals surface area contributed by atoms with Crippen molar-refractivity contribution in [3.63, 3.8) is 0 Å². The number of aliphatic hydroxyl groups excluding tert-OH is 1. The predicted molar refractivity (Wildman–Crippen MR) is 80.1 cm³/mol. The predicted octanol–water partition coefficient (Wildman–Crippen LogP) is 4.19. The van der Waals surface area contributed by atoms with Gasteiger partial charge < -0.3 is 9.84 Å². The lowest BCUT2D eigenvalue weighted by molar-refractivity contribution is 0.170. The van der Waals surface area contributed by atoms with Crippen LogP contribution in [0, 0.1) is 6.92 Å². The molecule has 0 amide bonds. The van der Waals surface area contributed by atoms with Crippen molar-refractivity contribution in [3.05, 3.63) is 53.3 Å². The van der Waals surface area contributed by atoms with Gasteiger partial charge in [-0.3, -0.25) is 4.98 Å². The number of nitrogens with zero attached hydrogens (tertiary/aromatic N) is 1. The molecule has 0 saturated carbocycles. The van der Waals surface area contributed by atoms with Crippen LogP contribution in [0.3, 0.4) is 0 Å². The average Bonchev–Trinajstić information content (AvgIpc) is 2.48. The Morgan fingerprint density at radius 1 is 1.10 bits per heavy atom. The lowest BCUT2D eigenvalue weighted by Crippen LogP contribution is -2.01. The molecule has 1 heterocycles. The maximum absolute atomic E-state index is 10.1. The van der Waals surface area contributed by atoms with Crippen LogP contribution in [-0.2, 0) is 6.42 Å². The van der Waals surface area contributed by atoms with Crippen LogP contribution < -0.4 is 4.74 Å². The molecule has 0 aliphatic carbocycles. The number of rotatable bonds is 5. The Hall–Kier alpha value is -1.87. The van der Waals surface area contributed by atoms with Crippen LogP contribution >= 0.6 is 0 Å². The number of pyridine rings is 1. The van der Waals surface area contributed by atoms with Crippen molar-refractivity contribution in [2.45, 2.75) is 39.7 Å². The van der Waals surface area contributed by atoms with Crippen molar-refractivity contribution in [1.29, 1.82) is 0 Å². The maximum atomic E-state index is 10.1. The summed E-state index contributed by atoms with van der Waals surface area (Å²) in [6.07, 6.45) is 0.970. The van der Waals surface area contributed by atoms with Gasteiger partial charge in [0.15, 0.2) is 0 Å². The Labute approximate surface area is 120 Å². The Kier molecular flexibility index (Phi) is 4.74. The first-order chi connectivity index (χ1) is 9.65. The second-order valence-electron chi connectivity index (χ2n) is 4.81. The van der Waals surface area contributed by atoms with E-state index in [1.165, 1.54) is 0 Å². The first kappa shape index (κ1) is 14.5. The highest BCUT2D eigenvalue weighted by Crippen LogP contribution is 2.32. The summed E-state index contributed by atoms with van der Waals surface area (Å²) < 4.78 is 5.99. The molecule has 3 heteroatoms. The highest BCUT2D eigenvalue weighted by Gasteiger charge is 2.13. The van der Waals surface area contributed by atoms with Crippen LogP contribution in [0.5, 0.6) is 11.5 Å². The second-order valence-corrected chi connectivity index (χ2v) is 4.81. The number of hydrogen-bond donors (Lipinski definition) is 1. The minimum atomic E-state index is -0.505. The molecule has 2 rings (SSSR count). The van der Waals surface area contributed by atoms with Gasteiger partial charge in [0.2, 0.25) is 0 Å². The molecule has 2 aromatic rings. The number of aromatic nitrogens is 1. The van der Waals surface area contributed by atoms with E-state index in [0.717, 1.165) is 29.1 Å². The third-order valence-corrected chi connectivity index (χ3v) is 3.29. The molecule has 106 valence electrons. The summed E-state index contributed by atoms with van der Waals surface area (Å²) in [5.74, 6) is 1.45. The quantitative estimate of drug-likeness (QED) is 0.886. The normalized spacial score (nSPS) is 12.2. The molecular weight excluding hydrogens is 250 g/mol. The lowest BCUT2D eigenvalue weighted by Gasteiger charge is -2.16. The molecule has 0 aliphatic rings. The van der Waals surface area contributed by atoms with Crippen LogP contribution in [0.15, 0.2) is 36.4 Å². The molecule has 20 heavy (non-hydrogen) atoms. The fourth-order valence-corrected chi connectivity index (χ4v) is 2.13. The zero-order valence-electron chi connectivity index (χ0n) is 12.3. The summed E-state index contributed by atoms with van der Waals surface area (Å²) in [4.78, 5) is 4.49. The van der Waals surface area contributed by atoms with E-state index in [-0.39, 0.29) is 0 Å². The van der Waals surface area contributed by atoms with Gasteiger partial charge in [-0.15, -0.1) is 0 Å². The summed E-state index contributed by atoms with van der Waals surface area (Å²) in [5, 5.41) is 10.1. The maximum Gasteiger partial charge on any atom is 0.148 e. The van der Waals surface area contributed by atoms with Crippen molar-refractivity contribution >= 4 is 0 Å². The Morgan fingerprint density at radius 3 is 2.55 bits per heavy atom. The van der Waals surface area contributed by atoms with E-state index in [0.29, 0.717) is 12.2 Å². The topological polar surface area (TPSA) is 42.4 Å². The summed E-state index contributed by atoms with van der Waals surface area (Å²) in [6.45, 7) is 5.98. The van der Waals surface area contributed by atoms with Crippen molar-refractivity contribution in [1.82, 2.24) is 4.98 Å². The number of ether oxygens (including phenoxy) is 1. The van der Waals surface area contributed by atoms with Crippen molar-refractivity contribution in [3.8, 4) is 11.5 Å². The number of aryl methyl sites for hydroxylation is 2. The van der Waals surface area contributed by atoms with Gasteiger partial charge in [-0.25, -0.2) is 0 Å². The fraction of sp³-hybridized carbons (Fsp3) is 0.353. The van der Waals surface area contributed by atoms with Crippen LogP contribution in [0.2, 0.25) is 0 Å². The molecule has 0 aliphatic heterocycles. The molecule has 0 saturated heterocycles. The Morgan fingerprint density at radius 2 is 1.85 bits per heavy atom. The summed E-state index contributed by atoms with van der Waals surface area (Å²) in [7, 11) is 0. The van der Waals surface area contributed by atoms with E-state index in [4.69, 9.17) is 4.74 Å². The van der Waals surface area contributed by atoms with Gasteiger partial charge in [-0.05, 0) is 38.0 Å². The van der Waals surface area contributed by atoms with Crippen molar-refractivity contribution in [2.75, 3.05) is 0 Å². The third kappa shape index (κ3) is 3.17. The van der Waals surface area contributed by atoms with Crippen molar-refractivity contribution < 1.29 is 9.84 Å². The summed E-state index contributed by atoms with van der Waals surface area (Å²) >= 11 is 0. The molecule has 0 fully saturated rings. The van der Waals surface area contributed by atoms with Crippen LogP contribution in [0.25, 0.3) is 0 Å². The number of benzene rings is 1. The molecule has 0 bridgehead atoms. The third-order valence-electron chi connectivity index (χ3n) is 3.29. The van der Waals surface area contributed by atoms with Crippen LogP contribution in [0.1, 0.15) is 43.3 Å². The van der Waals surface area contributed by atoms with Gasteiger partial charge in [0, 0.05) is 11.3 Å². The zero-order chi connectivity index (χ0) is 14.5. The monoisotopic (exact) mass is 271 g/mol. The second kappa shape index (κ2) is 6.53. The van der Waals surface area contributed by atoms with E-state index in [1.54, 1.807) is 0 Å². The Balaban J connectivity index is 2.35. The molecule has 3 nitrogen and oxygen atoms in total. The first-order valence-electron chi connectivity index (χ1n) is 7.07. The molecule has 0 unspecified atom stereocenters. The number of aliphatic hydroxyl groups is 1. The van der Waals surface area contributed by atoms with E-state index < -0.39 is 6.10 Å². The molecule has 1 aromatic heterocycles. The van der Waals surface area contributed by atoms with Crippen LogP contribution in [0.4, 0.5) is 0 Å². The number of para-hydroxylation sites is 1. The van der Waals surface area contributed by atoms with Gasteiger partial charge in [0.25, 0.3) is 0 Å². The minimum Gasteiger partial charge on any atom is -0.455 e. The van der Waals surface area contributed by atoms with E-state index in [2.05, 4.69) is 11.9 Å². The summed E-state index contributed by atoms with van der Waals surface area (Å²) in [6, 6.07) is 11.5. The SMILES string of the molecule is CCc1nc(C)ccc1Oc1ccccc1[C@@H](O)CC. The van der Waals surface area contributed by atoms with Gasteiger partial charge >= 0.3 is 0 Å². The Bertz CT molecular complexity index is 581. The van der Waals surface area contributed by atoms with Crippen LogP contribution in [-0.4, -0.2) is 10.1 Å². The highest BCUT2D eigenvalue weighted by atomic mass is 16.5. The number of hydrogen-bond acceptors (Lipinski definition) is 3. The molecule has 0 spiro atoms. The van der Waals surface area contributed by atoms with Gasteiger partial charge in [-0.2, -0.15) is 0 Å². The summed E-state index contributed by atoms with van der Waals surface area (Å²) in [5.41, 5.74) is 2.74. The van der Waals surface area contributed by atoms with Gasteiger partial charge in [-0.1, -0.05) is 32.0 Å². The first-order valence-corrected chi connectivity index (χ1v) is 7.07. The lowest BCUT2D eigenvalue weighted by atomic mass is 10.1. The molecule has 0 radical (unpaired) electrons. The molecular formula is C17H21NO2. The fourth-order valence-electron chi connectivity index (χ4n) is 2.13. The van der Waals surface area contributed by atoms with Gasteiger partial charge in [0.1, 0.15) is 11.5 Å².